The minimum atomic E-state index is 0.750. The fraction of sp³-hybridized carbons (Fsp3) is 0. The smallest absolute Gasteiger partial charge is 0.159 e. The Hall–Kier alpha value is -5.54. The van der Waals surface area contributed by atoms with Crippen molar-refractivity contribution < 1.29 is 4.42 Å². The quantitative estimate of drug-likeness (QED) is 0.215. The first-order valence-corrected chi connectivity index (χ1v) is 13.8. The Labute approximate surface area is 236 Å². The van der Waals surface area contributed by atoms with Crippen molar-refractivity contribution in [2.24, 2.45) is 0 Å². The maximum Gasteiger partial charge on any atom is 0.159 e. The van der Waals surface area contributed by atoms with Gasteiger partial charge in [0.25, 0.3) is 0 Å². The Morgan fingerprint density at radius 1 is 0.463 bits per heavy atom. The molecule has 0 saturated heterocycles. The molecule has 41 heavy (non-hydrogen) atoms. The molecule has 3 aromatic heterocycles. The lowest BCUT2D eigenvalue weighted by Crippen LogP contribution is -2.00. The zero-order chi connectivity index (χ0) is 26.9. The molecule has 1 aliphatic rings. The van der Waals surface area contributed by atoms with Crippen LogP contribution < -0.4 is 0 Å². The topological polar surface area (TPSA) is 38.9 Å². The van der Waals surface area contributed by atoms with Crippen molar-refractivity contribution in [1.82, 2.24) is 9.97 Å². The van der Waals surface area contributed by atoms with E-state index in [4.69, 9.17) is 9.40 Å². The average Bonchev–Trinajstić information content (AvgIpc) is 3.42. The summed E-state index contributed by atoms with van der Waals surface area (Å²) in [5.74, 6) is 0. The summed E-state index contributed by atoms with van der Waals surface area (Å²) in [6.07, 6.45) is 1.81. The highest BCUT2D eigenvalue weighted by Gasteiger charge is 2.24. The van der Waals surface area contributed by atoms with Crippen LogP contribution >= 0.6 is 0 Å². The van der Waals surface area contributed by atoms with Gasteiger partial charge in [-0.05, 0) is 63.7 Å². The molecule has 9 rings (SSSR count). The van der Waals surface area contributed by atoms with Gasteiger partial charge in [0.15, 0.2) is 5.65 Å². The van der Waals surface area contributed by atoms with Gasteiger partial charge in [-0.3, -0.25) is 0 Å². The van der Waals surface area contributed by atoms with Gasteiger partial charge in [-0.2, -0.15) is 0 Å². The summed E-state index contributed by atoms with van der Waals surface area (Å²) >= 11 is 0. The summed E-state index contributed by atoms with van der Waals surface area (Å²) in [6, 6.07) is 45.0. The van der Waals surface area contributed by atoms with Gasteiger partial charge < -0.3 is 4.42 Å². The molecule has 190 valence electrons. The third-order valence-electron chi connectivity index (χ3n) is 8.30. The summed E-state index contributed by atoms with van der Waals surface area (Å²) in [5, 5.41) is 3.28. The first-order valence-electron chi connectivity index (χ1n) is 13.8. The van der Waals surface area contributed by atoms with Gasteiger partial charge >= 0.3 is 0 Å². The maximum absolute atomic E-state index is 6.44. The van der Waals surface area contributed by atoms with Gasteiger partial charge in [-0.25, -0.2) is 9.97 Å². The van der Waals surface area contributed by atoms with Gasteiger partial charge in [0.2, 0.25) is 0 Å². The van der Waals surface area contributed by atoms with Crippen LogP contribution in [-0.4, -0.2) is 9.97 Å². The van der Waals surface area contributed by atoms with Crippen molar-refractivity contribution >= 4 is 33.0 Å². The van der Waals surface area contributed by atoms with Gasteiger partial charge in [0.1, 0.15) is 11.2 Å². The molecular formula is C38H22N2O. The monoisotopic (exact) mass is 522 g/mol. The molecule has 0 unspecified atom stereocenters. The van der Waals surface area contributed by atoms with Crippen LogP contribution in [0.2, 0.25) is 0 Å². The lowest BCUT2D eigenvalue weighted by atomic mass is 9.81. The molecule has 5 aromatic carbocycles. The number of rotatable bonds is 1. The van der Waals surface area contributed by atoms with Crippen molar-refractivity contribution in [3.63, 3.8) is 0 Å². The predicted octanol–water partition coefficient (Wildman–Crippen LogP) is 10.2. The Balaban J connectivity index is 1.40. The molecule has 0 bridgehead atoms. The Morgan fingerprint density at radius 2 is 1.15 bits per heavy atom. The maximum atomic E-state index is 6.44. The molecule has 3 nitrogen and oxygen atoms in total. The van der Waals surface area contributed by atoms with Crippen LogP contribution in [0.3, 0.4) is 0 Å². The third-order valence-corrected chi connectivity index (χ3v) is 8.30. The van der Waals surface area contributed by atoms with E-state index < -0.39 is 0 Å². The lowest BCUT2D eigenvalue weighted by molar-refractivity contribution is 0.670. The minimum absolute atomic E-state index is 0.750. The van der Waals surface area contributed by atoms with Gasteiger partial charge in [0.05, 0.1) is 5.69 Å². The highest BCUT2D eigenvalue weighted by atomic mass is 16.3. The molecule has 3 heteroatoms. The molecule has 0 atom stereocenters. The number of aromatic nitrogens is 2. The SMILES string of the molecule is c1ccc2c(c1)-c1ccc(-c3cccc4c3oc3ccccc34)cc1-c1cc3cccnc3nc1-c1ccccc1-2. The minimum Gasteiger partial charge on any atom is -0.455 e. The molecule has 0 aliphatic heterocycles. The van der Waals surface area contributed by atoms with E-state index in [1.165, 1.54) is 22.3 Å². The van der Waals surface area contributed by atoms with Crippen LogP contribution in [0.4, 0.5) is 0 Å². The van der Waals surface area contributed by atoms with Crippen molar-refractivity contribution in [3.05, 3.63) is 134 Å². The van der Waals surface area contributed by atoms with Crippen LogP contribution in [-0.2, 0) is 0 Å². The van der Waals surface area contributed by atoms with E-state index in [-0.39, 0.29) is 0 Å². The van der Waals surface area contributed by atoms with E-state index in [9.17, 15) is 0 Å². The summed E-state index contributed by atoms with van der Waals surface area (Å²) in [4.78, 5) is 9.80. The van der Waals surface area contributed by atoms with Crippen molar-refractivity contribution in [2.75, 3.05) is 0 Å². The van der Waals surface area contributed by atoms with E-state index in [1.807, 2.05) is 24.4 Å². The summed E-state index contributed by atoms with van der Waals surface area (Å²) in [6.45, 7) is 0. The second-order valence-electron chi connectivity index (χ2n) is 10.6. The molecule has 0 fully saturated rings. The summed E-state index contributed by atoms with van der Waals surface area (Å²) in [7, 11) is 0. The fourth-order valence-electron chi connectivity index (χ4n) is 6.44. The zero-order valence-electron chi connectivity index (χ0n) is 22.0. The zero-order valence-corrected chi connectivity index (χ0v) is 22.0. The first kappa shape index (κ1) is 22.3. The van der Waals surface area contributed by atoms with E-state index in [2.05, 4.69) is 114 Å². The van der Waals surface area contributed by atoms with E-state index in [0.29, 0.717) is 0 Å². The summed E-state index contributed by atoms with van der Waals surface area (Å²) < 4.78 is 6.44. The van der Waals surface area contributed by atoms with Crippen LogP contribution in [0.1, 0.15) is 0 Å². The van der Waals surface area contributed by atoms with E-state index >= 15 is 0 Å². The number of nitrogens with zero attached hydrogens (tertiary/aromatic N) is 2. The molecule has 0 radical (unpaired) electrons. The van der Waals surface area contributed by atoms with Crippen molar-refractivity contribution in [3.8, 4) is 55.8 Å². The molecule has 0 N–H and O–H groups in total. The number of para-hydroxylation sites is 2. The standard InChI is InChI=1S/C38H22N2O/c1-2-11-27-26(10-1)28-12-3-4-14-31(28)36-34(22-24-9-8-20-39-38(24)40-36)33-21-23(18-19-29(27)33)25-15-7-16-32-30-13-5-6-17-35(30)41-37(25)32/h1-22H. The highest BCUT2D eigenvalue weighted by Crippen LogP contribution is 2.49. The molecule has 0 saturated carbocycles. The van der Waals surface area contributed by atoms with Gasteiger partial charge in [-0.1, -0.05) is 97.1 Å². The van der Waals surface area contributed by atoms with Crippen molar-refractivity contribution in [1.29, 1.82) is 0 Å². The van der Waals surface area contributed by atoms with Crippen LogP contribution in [0.25, 0.3) is 88.7 Å². The number of fused-ring (bicyclic) bond motifs is 12. The van der Waals surface area contributed by atoms with E-state index in [0.717, 1.165) is 66.5 Å². The number of benzene rings is 5. The molecule has 0 spiro atoms. The molecule has 0 amide bonds. The molecular weight excluding hydrogens is 500 g/mol. The molecule has 3 heterocycles. The highest BCUT2D eigenvalue weighted by molar-refractivity contribution is 6.10. The van der Waals surface area contributed by atoms with Gasteiger partial charge in [-0.15, -0.1) is 0 Å². The Morgan fingerprint density at radius 3 is 2.00 bits per heavy atom. The second kappa shape index (κ2) is 8.48. The van der Waals surface area contributed by atoms with Gasteiger partial charge in [0, 0.05) is 39.0 Å². The lowest BCUT2D eigenvalue weighted by Gasteiger charge is -2.23. The number of pyridine rings is 2. The first-order chi connectivity index (χ1) is 20.3. The van der Waals surface area contributed by atoms with Crippen LogP contribution in [0.5, 0.6) is 0 Å². The second-order valence-corrected chi connectivity index (χ2v) is 10.6. The Bertz CT molecular complexity index is 2330. The average molecular weight is 523 g/mol. The van der Waals surface area contributed by atoms with Crippen LogP contribution in [0.15, 0.2) is 138 Å². The normalized spacial score (nSPS) is 11.9. The number of hydrogen-bond donors (Lipinski definition) is 0. The fourth-order valence-corrected chi connectivity index (χ4v) is 6.44. The Kier molecular flexibility index (Phi) is 4.61. The summed E-state index contributed by atoms with van der Waals surface area (Å²) in [5.41, 5.74) is 13.8. The van der Waals surface area contributed by atoms with Crippen molar-refractivity contribution in [2.45, 2.75) is 0 Å². The predicted molar refractivity (Wildman–Crippen MR) is 168 cm³/mol. The van der Waals surface area contributed by atoms with E-state index in [1.54, 1.807) is 0 Å². The largest absolute Gasteiger partial charge is 0.455 e. The number of hydrogen-bond acceptors (Lipinski definition) is 3. The third kappa shape index (κ3) is 3.26. The molecule has 8 aromatic rings. The van der Waals surface area contributed by atoms with Crippen LogP contribution in [0, 0.1) is 0 Å². The molecule has 1 aliphatic carbocycles. The number of furan rings is 1.